The van der Waals surface area contributed by atoms with Crippen LogP contribution in [-0.2, 0) is 0 Å². The summed E-state index contributed by atoms with van der Waals surface area (Å²) in [5.74, 6) is 4.04. The molecule has 2 rings (SSSR count). The number of hydrogen-bond donors (Lipinski definition) is 1. The molecule has 102 valence electrons. The van der Waals surface area contributed by atoms with Crippen molar-refractivity contribution in [3.05, 3.63) is 23.8 Å². The highest BCUT2D eigenvalue weighted by atomic mass is 16.5. The molecule has 1 N–H and O–H groups in total. The predicted octanol–water partition coefficient (Wildman–Crippen LogP) is 3.07. The Balaban J connectivity index is 2.08. The van der Waals surface area contributed by atoms with Crippen molar-refractivity contribution in [2.75, 3.05) is 6.61 Å². The van der Waals surface area contributed by atoms with Crippen molar-refractivity contribution in [2.24, 2.45) is 0 Å². The topological polar surface area (TPSA) is 38.7 Å². The summed E-state index contributed by atoms with van der Waals surface area (Å²) in [6.45, 7) is 4.54. The second kappa shape index (κ2) is 5.54. The zero-order valence-electron chi connectivity index (χ0n) is 11.5. The monoisotopic (exact) mass is 260 g/mol. The Morgan fingerprint density at radius 1 is 1.53 bits per heavy atom. The SMILES string of the molecule is C#CCCCOc1ccc2c(c1)OC(C)(C)CC2O. The molecule has 0 aromatic heterocycles. The van der Waals surface area contributed by atoms with Gasteiger partial charge in [0, 0.05) is 24.5 Å². The summed E-state index contributed by atoms with van der Waals surface area (Å²) in [7, 11) is 0. The Morgan fingerprint density at radius 2 is 2.32 bits per heavy atom. The van der Waals surface area contributed by atoms with Crippen LogP contribution in [0.25, 0.3) is 0 Å². The molecule has 1 heterocycles. The highest BCUT2D eigenvalue weighted by Crippen LogP contribution is 2.40. The quantitative estimate of drug-likeness (QED) is 0.668. The van der Waals surface area contributed by atoms with Crippen molar-refractivity contribution >= 4 is 0 Å². The molecule has 19 heavy (non-hydrogen) atoms. The Morgan fingerprint density at radius 3 is 3.05 bits per heavy atom. The summed E-state index contributed by atoms with van der Waals surface area (Å²) in [5.41, 5.74) is 0.476. The van der Waals surface area contributed by atoms with Crippen LogP contribution in [0, 0.1) is 12.3 Å². The molecule has 1 aliphatic heterocycles. The van der Waals surface area contributed by atoms with Gasteiger partial charge in [0.1, 0.15) is 17.1 Å². The molecular formula is C16H20O3. The van der Waals surface area contributed by atoms with Gasteiger partial charge >= 0.3 is 0 Å². The minimum Gasteiger partial charge on any atom is -0.493 e. The summed E-state index contributed by atoms with van der Waals surface area (Å²) in [5, 5.41) is 10.1. The maximum Gasteiger partial charge on any atom is 0.129 e. The van der Waals surface area contributed by atoms with E-state index in [2.05, 4.69) is 5.92 Å². The molecule has 0 spiro atoms. The molecule has 3 nitrogen and oxygen atoms in total. The smallest absolute Gasteiger partial charge is 0.129 e. The van der Waals surface area contributed by atoms with Crippen LogP contribution in [-0.4, -0.2) is 17.3 Å². The van der Waals surface area contributed by atoms with Gasteiger partial charge in [-0.05, 0) is 32.4 Å². The molecule has 0 saturated carbocycles. The van der Waals surface area contributed by atoms with Gasteiger partial charge in [0.05, 0.1) is 12.7 Å². The van der Waals surface area contributed by atoms with Gasteiger partial charge in [0.15, 0.2) is 0 Å². The van der Waals surface area contributed by atoms with E-state index in [4.69, 9.17) is 15.9 Å². The molecular weight excluding hydrogens is 240 g/mol. The lowest BCUT2D eigenvalue weighted by Crippen LogP contribution is -2.34. The summed E-state index contributed by atoms with van der Waals surface area (Å²) in [4.78, 5) is 0. The summed E-state index contributed by atoms with van der Waals surface area (Å²) < 4.78 is 11.5. The molecule has 1 aliphatic rings. The lowest BCUT2D eigenvalue weighted by atomic mass is 9.92. The van der Waals surface area contributed by atoms with Gasteiger partial charge in [-0.25, -0.2) is 0 Å². The third kappa shape index (κ3) is 3.42. The van der Waals surface area contributed by atoms with Crippen LogP contribution < -0.4 is 9.47 Å². The molecule has 0 saturated heterocycles. The van der Waals surface area contributed by atoms with Crippen LogP contribution in [0.1, 0.15) is 44.8 Å². The summed E-state index contributed by atoms with van der Waals surface area (Å²) in [6, 6.07) is 5.57. The number of unbranched alkanes of at least 4 members (excludes halogenated alkanes) is 1. The standard InChI is InChI=1S/C16H20O3/c1-4-5-6-9-18-12-7-8-13-14(17)11-16(2,3)19-15(13)10-12/h1,7-8,10,14,17H,5-6,9,11H2,2-3H3. The van der Waals surface area contributed by atoms with Crippen LogP contribution in [0.3, 0.4) is 0 Å². The number of terminal acetylenes is 1. The van der Waals surface area contributed by atoms with Crippen LogP contribution in [0.2, 0.25) is 0 Å². The second-order valence-corrected chi connectivity index (χ2v) is 5.44. The molecule has 1 aromatic carbocycles. The van der Waals surface area contributed by atoms with Crippen LogP contribution in [0.4, 0.5) is 0 Å². The fraction of sp³-hybridized carbons (Fsp3) is 0.500. The fourth-order valence-electron chi connectivity index (χ4n) is 2.25. The van der Waals surface area contributed by atoms with Gasteiger partial charge in [-0.2, -0.15) is 0 Å². The zero-order valence-corrected chi connectivity index (χ0v) is 11.5. The number of aliphatic hydroxyl groups is 1. The van der Waals surface area contributed by atoms with E-state index in [1.54, 1.807) is 0 Å². The van der Waals surface area contributed by atoms with Crippen molar-refractivity contribution in [3.63, 3.8) is 0 Å². The van der Waals surface area contributed by atoms with E-state index in [-0.39, 0.29) is 5.60 Å². The summed E-state index contributed by atoms with van der Waals surface area (Å²) >= 11 is 0. The van der Waals surface area contributed by atoms with Crippen molar-refractivity contribution in [3.8, 4) is 23.8 Å². The molecule has 0 amide bonds. The van der Waals surface area contributed by atoms with E-state index in [9.17, 15) is 5.11 Å². The van der Waals surface area contributed by atoms with Crippen molar-refractivity contribution in [1.29, 1.82) is 0 Å². The van der Waals surface area contributed by atoms with Gasteiger partial charge in [0.2, 0.25) is 0 Å². The molecule has 0 aliphatic carbocycles. The normalized spacial score (nSPS) is 20.0. The van der Waals surface area contributed by atoms with Crippen LogP contribution >= 0.6 is 0 Å². The molecule has 3 heteroatoms. The maximum atomic E-state index is 10.1. The average Bonchev–Trinajstić information content (AvgIpc) is 2.32. The van der Waals surface area contributed by atoms with Gasteiger partial charge in [-0.15, -0.1) is 12.3 Å². The molecule has 0 bridgehead atoms. The van der Waals surface area contributed by atoms with E-state index in [1.165, 1.54) is 0 Å². The van der Waals surface area contributed by atoms with Crippen molar-refractivity contribution in [2.45, 2.75) is 44.8 Å². The lowest BCUT2D eigenvalue weighted by Gasteiger charge is -2.35. The minimum absolute atomic E-state index is 0.353. The largest absolute Gasteiger partial charge is 0.493 e. The number of hydrogen-bond acceptors (Lipinski definition) is 3. The van der Waals surface area contributed by atoms with E-state index in [0.717, 1.165) is 17.7 Å². The van der Waals surface area contributed by atoms with E-state index >= 15 is 0 Å². The average molecular weight is 260 g/mol. The van der Waals surface area contributed by atoms with E-state index in [0.29, 0.717) is 25.2 Å². The first kappa shape index (κ1) is 13.8. The predicted molar refractivity (Wildman–Crippen MR) is 74.3 cm³/mol. The Hall–Kier alpha value is -1.66. The number of benzene rings is 1. The van der Waals surface area contributed by atoms with Gasteiger partial charge in [-0.1, -0.05) is 0 Å². The lowest BCUT2D eigenvalue weighted by molar-refractivity contribution is 0.0113. The minimum atomic E-state index is -0.478. The Kier molecular flexibility index (Phi) is 4.01. The van der Waals surface area contributed by atoms with Gasteiger partial charge in [-0.3, -0.25) is 0 Å². The number of fused-ring (bicyclic) bond motifs is 1. The summed E-state index contributed by atoms with van der Waals surface area (Å²) in [6.07, 6.45) is 6.86. The fourth-order valence-corrected chi connectivity index (χ4v) is 2.25. The second-order valence-electron chi connectivity index (χ2n) is 5.44. The highest BCUT2D eigenvalue weighted by Gasteiger charge is 2.32. The van der Waals surface area contributed by atoms with Gasteiger partial charge in [0.25, 0.3) is 0 Å². The number of aliphatic hydroxyl groups excluding tert-OH is 1. The molecule has 1 unspecified atom stereocenters. The zero-order chi connectivity index (χ0) is 13.9. The van der Waals surface area contributed by atoms with Crippen molar-refractivity contribution in [1.82, 2.24) is 0 Å². The number of ether oxygens (including phenoxy) is 2. The highest BCUT2D eigenvalue weighted by molar-refractivity contribution is 5.43. The molecule has 0 fully saturated rings. The maximum absolute atomic E-state index is 10.1. The van der Waals surface area contributed by atoms with Crippen molar-refractivity contribution < 1.29 is 14.6 Å². The third-order valence-electron chi connectivity index (χ3n) is 3.15. The van der Waals surface area contributed by atoms with Crippen LogP contribution in [0.5, 0.6) is 11.5 Å². The molecule has 0 radical (unpaired) electrons. The first-order chi connectivity index (χ1) is 9.02. The van der Waals surface area contributed by atoms with E-state index < -0.39 is 6.10 Å². The van der Waals surface area contributed by atoms with Gasteiger partial charge < -0.3 is 14.6 Å². The molecule has 1 aromatic rings. The third-order valence-corrected chi connectivity index (χ3v) is 3.15. The Labute approximate surface area is 114 Å². The number of rotatable bonds is 4. The van der Waals surface area contributed by atoms with E-state index in [1.807, 2.05) is 32.0 Å². The first-order valence-electron chi connectivity index (χ1n) is 6.59. The first-order valence-corrected chi connectivity index (χ1v) is 6.59. The molecule has 1 atom stereocenters. The Bertz CT molecular complexity index is 485. The van der Waals surface area contributed by atoms with Crippen LogP contribution in [0.15, 0.2) is 18.2 Å².